The van der Waals surface area contributed by atoms with Crippen LogP contribution in [-0.2, 0) is 4.37 Å². The molecule has 7 heavy (non-hydrogen) atoms. The van der Waals surface area contributed by atoms with Crippen LogP contribution in [0.2, 0.25) is 0 Å². The Labute approximate surface area is 51.8 Å². The Morgan fingerprint density at radius 3 is 1.43 bits per heavy atom. The van der Waals surface area contributed by atoms with Crippen molar-refractivity contribution < 1.29 is 16.8 Å². The maximum atomic E-state index is 2.91. The van der Waals surface area contributed by atoms with Crippen molar-refractivity contribution in [2.24, 2.45) is 0 Å². The Morgan fingerprint density at radius 1 is 1.14 bits per heavy atom. The van der Waals surface area contributed by atoms with Gasteiger partial charge in [-0.15, -0.1) is 0 Å². The minimum absolute atomic E-state index is 0. The van der Waals surface area contributed by atoms with Gasteiger partial charge >= 0.3 is 0 Å². The fraction of sp³-hybridized carbons (Fsp3) is 1.00. The van der Waals surface area contributed by atoms with E-state index in [1.54, 1.807) is 0 Å². The lowest BCUT2D eigenvalue weighted by molar-refractivity contribution is -0.0830. The van der Waals surface area contributed by atoms with Crippen LogP contribution in [0.25, 0.3) is 0 Å². The van der Waals surface area contributed by atoms with Crippen molar-refractivity contribution in [3.05, 3.63) is 0 Å². The average Bonchev–Trinajstić information content (AvgIpc) is 1.65. The van der Waals surface area contributed by atoms with Gasteiger partial charge in [-0.1, -0.05) is 0 Å². The minimum atomic E-state index is 0. The quantitative estimate of drug-likeness (QED) is 0.383. The van der Waals surface area contributed by atoms with Crippen LogP contribution in [0.4, 0.5) is 0 Å². The summed E-state index contributed by atoms with van der Waals surface area (Å²) in [5.74, 6) is 0. The molecule has 0 rings (SSSR count). The van der Waals surface area contributed by atoms with E-state index in [4.69, 9.17) is 0 Å². The molecule has 0 radical (unpaired) electrons. The second-order valence-electron chi connectivity index (χ2n) is 1.36. The van der Waals surface area contributed by atoms with Crippen LogP contribution in [0.3, 0.4) is 0 Å². The monoisotopic (exact) mass is 124 g/mol. The van der Waals surface area contributed by atoms with Crippen molar-refractivity contribution in [1.82, 2.24) is 0 Å². The van der Waals surface area contributed by atoms with E-state index in [0.717, 1.165) is 13.2 Å². The summed E-state index contributed by atoms with van der Waals surface area (Å²) >= 11 is 0. The molecule has 0 atom stereocenters. The van der Waals surface area contributed by atoms with Gasteiger partial charge in [0.05, 0.1) is 0 Å². The van der Waals surface area contributed by atoms with Crippen molar-refractivity contribution >= 4 is 0 Å². The highest BCUT2D eigenvalue weighted by atomic mass is 35.5. The summed E-state index contributed by atoms with van der Waals surface area (Å²) in [7, 11) is 2.03. The first-order chi connectivity index (χ1) is 2.81. The molecule has 0 aromatic carbocycles. The van der Waals surface area contributed by atoms with Crippen LogP contribution < -0.4 is 12.4 Å². The van der Waals surface area contributed by atoms with Gasteiger partial charge in [0.2, 0.25) is 0 Å². The highest BCUT2D eigenvalue weighted by Crippen LogP contribution is 1.83. The fourth-order valence-electron chi connectivity index (χ4n) is 0.204. The second kappa shape index (κ2) is 6.25. The second-order valence-corrected chi connectivity index (χ2v) is 1.36. The molecule has 0 saturated carbocycles. The Bertz CT molecular complexity index is 27.3. The molecule has 0 amide bonds. The van der Waals surface area contributed by atoms with Crippen molar-refractivity contribution in [1.29, 1.82) is 0 Å². The molecule has 0 heterocycles. The van der Waals surface area contributed by atoms with Gasteiger partial charge < -0.3 is 16.8 Å². The van der Waals surface area contributed by atoms with Gasteiger partial charge in [0.15, 0.2) is 0 Å². The zero-order valence-electron chi connectivity index (χ0n) is 5.20. The molecule has 0 fully saturated rings. The normalized spacial score (nSPS) is 8.57. The molecule has 0 N–H and O–H groups in total. The van der Waals surface area contributed by atoms with Crippen LogP contribution in [-0.4, -0.2) is 20.3 Å². The number of rotatable bonds is 2. The molecule has 0 bridgehead atoms. The maximum absolute atomic E-state index is 2.91. The van der Waals surface area contributed by atoms with Gasteiger partial charge in [-0.3, -0.25) is 0 Å². The molecule has 1 nitrogen and oxygen atoms in total. The third-order valence-corrected chi connectivity index (χ3v) is 0.986. The predicted octanol–water partition coefficient (Wildman–Crippen LogP) is -1.79. The van der Waals surface area contributed by atoms with Crippen LogP contribution in [0, 0.1) is 0 Å². The van der Waals surface area contributed by atoms with E-state index in [1.807, 2.05) is 7.11 Å². The Morgan fingerprint density at radius 2 is 1.43 bits per heavy atom. The van der Waals surface area contributed by atoms with Gasteiger partial charge in [0.25, 0.3) is 0 Å². The molecule has 2 heteroatoms. The number of halogens is 1. The van der Waals surface area contributed by atoms with Gasteiger partial charge in [0.1, 0.15) is 20.3 Å². The smallest absolute Gasteiger partial charge is 0.142 e. The van der Waals surface area contributed by atoms with Gasteiger partial charge in [0, 0.05) is 13.8 Å². The summed E-state index contributed by atoms with van der Waals surface area (Å²) in [5, 5.41) is 0. The third kappa shape index (κ3) is 6.25. The Kier molecular flexibility index (Phi) is 9.17. The molecule has 0 aliphatic rings. The molecule has 0 saturated heterocycles. The largest absolute Gasteiger partial charge is 1.00 e. The molecular weight excluding hydrogens is 112 g/mol. The molecular formula is C5H13ClO. The molecule has 0 unspecified atom stereocenters. The summed E-state index contributed by atoms with van der Waals surface area (Å²) in [6.45, 7) is 6.40. The molecule has 0 aliphatic heterocycles. The van der Waals surface area contributed by atoms with E-state index in [-0.39, 0.29) is 12.4 Å². The third-order valence-electron chi connectivity index (χ3n) is 0.986. The standard InChI is InChI=1S/C5H13O.ClH/c1-4-6(3)5-2;/h4-5H2,1-3H3;1H/q+1;/p-1. The lowest BCUT2D eigenvalue weighted by Gasteiger charge is -2.05. The van der Waals surface area contributed by atoms with E-state index in [0.29, 0.717) is 0 Å². The molecule has 0 aliphatic carbocycles. The topological polar surface area (TPSA) is 2.70 Å². The Hall–Kier alpha value is 0.250. The molecule has 0 spiro atoms. The highest BCUT2D eigenvalue weighted by Gasteiger charge is 1.86. The fourth-order valence-corrected chi connectivity index (χ4v) is 0.204. The summed E-state index contributed by atoms with van der Waals surface area (Å²) in [5.41, 5.74) is 0. The van der Waals surface area contributed by atoms with Crippen LogP contribution >= 0.6 is 0 Å². The van der Waals surface area contributed by atoms with Crippen molar-refractivity contribution in [3.63, 3.8) is 0 Å². The lowest BCUT2D eigenvalue weighted by atomic mass is 10.8. The SMILES string of the molecule is CC[O+](C)CC.[Cl-]. The van der Waals surface area contributed by atoms with Crippen molar-refractivity contribution in [2.75, 3.05) is 20.3 Å². The highest BCUT2D eigenvalue weighted by molar-refractivity contribution is 4.19. The first-order valence-corrected chi connectivity index (χ1v) is 2.40. The maximum Gasteiger partial charge on any atom is 0.142 e. The van der Waals surface area contributed by atoms with Crippen molar-refractivity contribution in [3.8, 4) is 0 Å². The van der Waals surface area contributed by atoms with Crippen molar-refractivity contribution in [2.45, 2.75) is 13.8 Å². The molecule has 0 aromatic heterocycles. The zero-order valence-corrected chi connectivity index (χ0v) is 5.96. The van der Waals surface area contributed by atoms with Gasteiger partial charge in [-0.05, 0) is 0 Å². The first-order valence-electron chi connectivity index (χ1n) is 2.40. The van der Waals surface area contributed by atoms with Crippen LogP contribution in [0.1, 0.15) is 13.8 Å². The van der Waals surface area contributed by atoms with E-state index in [2.05, 4.69) is 18.2 Å². The first kappa shape index (κ1) is 10.3. The summed E-state index contributed by atoms with van der Waals surface area (Å²) in [6, 6.07) is 0. The Balaban J connectivity index is 0. The van der Waals surface area contributed by atoms with E-state index >= 15 is 0 Å². The van der Waals surface area contributed by atoms with Gasteiger partial charge in [-0.2, -0.15) is 0 Å². The van der Waals surface area contributed by atoms with Crippen LogP contribution in [0.5, 0.6) is 0 Å². The van der Waals surface area contributed by atoms with E-state index in [9.17, 15) is 0 Å². The van der Waals surface area contributed by atoms with E-state index in [1.165, 1.54) is 0 Å². The average molecular weight is 125 g/mol. The zero-order chi connectivity index (χ0) is 4.99. The lowest BCUT2D eigenvalue weighted by Crippen LogP contribution is -3.00. The molecule has 0 aromatic rings. The predicted molar refractivity (Wildman–Crippen MR) is 28.1 cm³/mol. The number of hydrogen-bond acceptors (Lipinski definition) is 0. The van der Waals surface area contributed by atoms with Crippen LogP contribution in [0.15, 0.2) is 0 Å². The summed E-state index contributed by atoms with van der Waals surface area (Å²) in [4.78, 5) is 0. The number of hydrogen-bond donors (Lipinski definition) is 0. The minimum Gasteiger partial charge on any atom is -1.00 e. The van der Waals surface area contributed by atoms with Gasteiger partial charge in [-0.25, -0.2) is 0 Å². The molecule has 46 valence electrons. The summed E-state index contributed by atoms with van der Waals surface area (Å²) in [6.07, 6.45) is 0. The summed E-state index contributed by atoms with van der Waals surface area (Å²) < 4.78 is 2.91. The van der Waals surface area contributed by atoms with E-state index < -0.39 is 0 Å².